The first kappa shape index (κ1) is 20.8. The van der Waals surface area contributed by atoms with Crippen molar-refractivity contribution in [2.75, 3.05) is 5.32 Å². The van der Waals surface area contributed by atoms with E-state index in [1.54, 1.807) is 11.0 Å². The highest BCUT2D eigenvalue weighted by molar-refractivity contribution is 5.89. The molecule has 2 N–H and O–H groups in total. The molecular formula is C25H24F2N2O2. The summed E-state index contributed by atoms with van der Waals surface area (Å²) in [5.74, 6) is -1.31. The van der Waals surface area contributed by atoms with Gasteiger partial charge in [0.1, 0.15) is 17.4 Å². The molecule has 1 aliphatic rings. The number of phenolic OH excluding ortho intramolecular Hbond substituents is 1. The lowest BCUT2D eigenvalue weighted by Gasteiger charge is -2.30. The first-order valence-corrected chi connectivity index (χ1v) is 10.2. The molecule has 4 nitrogen and oxygen atoms in total. The number of nitrogens with zero attached hydrogens (tertiary/aromatic N) is 1. The normalized spacial score (nSPS) is 13.2. The van der Waals surface area contributed by atoms with Gasteiger partial charge in [0.15, 0.2) is 0 Å². The van der Waals surface area contributed by atoms with Crippen LogP contribution in [0.2, 0.25) is 0 Å². The van der Waals surface area contributed by atoms with E-state index in [0.29, 0.717) is 19.4 Å². The number of carbonyl (C=O) groups excluding carboxylic acids is 1. The van der Waals surface area contributed by atoms with Crippen molar-refractivity contribution < 1.29 is 18.7 Å². The molecule has 0 saturated heterocycles. The van der Waals surface area contributed by atoms with Crippen LogP contribution < -0.4 is 5.32 Å². The zero-order valence-corrected chi connectivity index (χ0v) is 17.5. The van der Waals surface area contributed by atoms with E-state index >= 15 is 0 Å². The van der Waals surface area contributed by atoms with Gasteiger partial charge in [-0.3, -0.25) is 0 Å². The zero-order valence-electron chi connectivity index (χ0n) is 17.5. The number of hydrogen-bond acceptors (Lipinski definition) is 2. The molecule has 3 aromatic carbocycles. The Balaban J connectivity index is 1.64. The number of rotatable bonds is 4. The molecule has 6 heteroatoms. The molecule has 160 valence electrons. The highest BCUT2D eigenvalue weighted by Gasteiger charge is 2.31. The van der Waals surface area contributed by atoms with E-state index in [9.17, 15) is 18.7 Å². The first-order valence-electron chi connectivity index (χ1n) is 10.2. The van der Waals surface area contributed by atoms with E-state index in [-0.39, 0.29) is 17.5 Å². The van der Waals surface area contributed by atoms with Crippen molar-refractivity contribution in [2.45, 2.75) is 39.3 Å². The Morgan fingerprint density at radius 3 is 2.35 bits per heavy atom. The zero-order chi connectivity index (χ0) is 22.1. The average molecular weight is 422 g/mol. The molecule has 0 aromatic heterocycles. The minimum absolute atomic E-state index is 0.0643. The van der Waals surface area contributed by atoms with E-state index in [1.807, 2.05) is 32.0 Å². The quantitative estimate of drug-likeness (QED) is 0.584. The van der Waals surface area contributed by atoms with Crippen LogP contribution in [-0.2, 0) is 19.4 Å². The number of nitrogens with one attached hydrogen (secondary N) is 1. The summed E-state index contributed by atoms with van der Waals surface area (Å²) < 4.78 is 27.4. The van der Waals surface area contributed by atoms with Gasteiger partial charge in [0.2, 0.25) is 0 Å². The van der Waals surface area contributed by atoms with E-state index in [4.69, 9.17) is 0 Å². The number of urea groups is 1. The highest BCUT2D eigenvalue weighted by Crippen LogP contribution is 2.29. The third-order valence-corrected chi connectivity index (χ3v) is 5.90. The Morgan fingerprint density at radius 1 is 1.03 bits per heavy atom. The Labute approximate surface area is 180 Å². The van der Waals surface area contributed by atoms with Crippen LogP contribution in [0.15, 0.2) is 54.6 Å². The molecule has 0 fully saturated rings. The summed E-state index contributed by atoms with van der Waals surface area (Å²) in [6, 6.07) is 14.2. The second-order valence-corrected chi connectivity index (χ2v) is 8.08. The van der Waals surface area contributed by atoms with Crippen LogP contribution in [0.4, 0.5) is 19.3 Å². The summed E-state index contributed by atoms with van der Waals surface area (Å²) in [4.78, 5) is 15.0. The number of aromatic hydroxyl groups is 1. The number of benzene rings is 3. The lowest BCUT2D eigenvalue weighted by atomic mass is 10.0. The fourth-order valence-electron chi connectivity index (χ4n) is 4.12. The van der Waals surface area contributed by atoms with E-state index in [0.717, 1.165) is 28.8 Å². The van der Waals surface area contributed by atoms with E-state index in [1.165, 1.54) is 17.2 Å². The van der Waals surface area contributed by atoms with Gasteiger partial charge < -0.3 is 15.3 Å². The summed E-state index contributed by atoms with van der Waals surface area (Å²) in [5, 5.41) is 12.6. The molecule has 0 radical (unpaired) electrons. The first-order chi connectivity index (χ1) is 14.8. The summed E-state index contributed by atoms with van der Waals surface area (Å²) in [6.45, 7) is 4.00. The number of carbonyl (C=O) groups is 1. The fraction of sp³-hybridized carbons (Fsp3) is 0.240. The highest BCUT2D eigenvalue weighted by atomic mass is 19.1. The number of halogens is 2. The van der Waals surface area contributed by atoms with Crippen LogP contribution >= 0.6 is 0 Å². The maximum Gasteiger partial charge on any atom is 0.322 e. The number of fused-ring (bicyclic) bond motifs is 1. The lowest BCUT2D eigenvalue weighted by Crippen LogP contribution is -2.43. The van der Waals surface area contributed by atoms with Crippen LogP contribution in [0.25, 0.3) is 0 Å². The van der Waals surface area contributed by atoms with Gasteiger partial charge in [-0.2, -0.15) is 0 Å². The largest absolute Gasteiger partial charge is 0.508 e. The van der Waals surface area contributed by atoms with Crippen molar-refractivity contribution in [1.29, 1.82) is 0 Å². The van der Waals surface area contributed by atoms with Gasteiger partial charge in [0, 0.05) is 18.7 Å². The van der Waals surface area contributed by atoms with E-state index < -0.39 is 17.7 Å². The number of phenols is 1. The summed E-state index contributed by atoms with van der Waals surface area (Å²) >= 11 is 0. The van der Waals surface area contributed by atoms with Gasteiger partial charge in [-0.05, 0) is 72.7 Å². The van der Waals surface area contributed by atoms with Gasteiger partial charge >= 0.3 is 6.03 Å². The Bertz CT molecular complexity index is 1120. The van der Waals surface area contributed by atoms with Crippen molar-refractivity contribution in [3.8, 4) is 5.75 Å². The SMILES string of the molecule is Cc1cc(CN(C(=O)Nc2ccc(F)cc2F)C2Cc3ccccc3C2)c(C)cc1O. The molecule has 31 heavy (non-hydrogen) atoms. The van der Waals surface area contributed by atoms with Crippen LogP contribution in [0, 0.1) is 25.5 Å². The molecule has 0 spiro atoms. The number of aryl methyl sites for hydroxylation is 2. The molecule has 3 aromatic rings. The fourth-order valence-corrected chi connectivity index (χ4v) is 4.12. The van der Waals surface area contributed by atoms with Gasteiger partial charge in [-0.15, -0.1) is 0 Å². The maximum atomic E-state index is 14.2. The summed E-state index contributed by atoms with van der Waals surface area (Å²) in [7, 11) is 0. The van der Waals surface area contributed by atoms with Gasteiger partial charge in [0.05, 0.1) is 5.69 Å². The third kappa shape index (κ3) is 4.38. The van der Waals surface area contributed by atoms with Crippen molar-refractivity contribution in [1.82, 2.24) is 4.90 Å². The predicted molar refractivity (Wildman–Crippen MR) is 116 cm³/mol. The molecule has 0 saturated carbocycles. The van der Waals surface area contributed by atoms with Crippen LogP contribution in [0.3, 0.4) is 0 Å². The number of hydrogen-bond donors (Lipinski definition) is 2. The van der Waals surface area contributed by atoms with Crippen molar-refractivity contribution in [2.24, 2.45) is 0 Å². The molecule has 2 amide bonds. The molecule has 0 unspecified atom stereocenters. The van der Waals surface area contributed by atoms with Crippen molar-refractivity contribution >= 4 is 11.7 Å². The average Bonchev–Trinajstić information content (AvgIpc) is 3.15. The number of anilines is 1. The van der Waals surface area contributed by atoms with Crippen molar-refractivity contribution in [3.05, 3.63) is 94.0 Å². The minimum atomic E-state index is -0.820. The predicted octanol–water partition coefficient (Wildman–Crippen LogP) is 5.49. The van der Waals surface area contributed by atoms with Crippen LogP contribution in [-0.4, -0.2) is 22.1 Å². The molecule has 1 aliphatic carbocycles. The topological polar surface area (TPSA) is 52.6 Å². The minimum Gasteiger partial charge on any atom is -0.508 e. The monoisotopic (exact) mass is 422 g/mol. The van der Waals surface area contributed by atoms with Gasteiger partial charge in [-0.25, -0.2) is 13.6 Å². The second kappa shape index (κ2) is 8.38. The molecule has 4 rings (SSSR count). The molecule has 0 aliphatic heterocycles. The van der Waals surface area contributed by atoms with Gasteiger partial charge in [0.25, 0.3) is 0 Å². The summed E-state index contributed by atoms with van der Waals surface area (Å²) in [6.07, 6.45) is 1.40. The van der Waals surface area contributed by atoms with Crippen LogP contribution in [0.1, 0.15) is 27.8 Å². The molecule has 0 heterocycles. The Hall–Kier alpha value is -3.41. The lowest BCUT2D eigenvalue weighted by molar-refractivity contribution is 0.185. The maximum absolute atomic E-state index is 14.2. The standard InChI is InChI=1S/C25H24F2N2O2/c1-15-10-24(30)16(2)9-19(15)14-29(21-11-17-5-3-4-6-18(17)12-21)25(31)28-23-8-7-20(26)13-22(23)27/h3-10,13,21,30H,11-12,14H2,1-2H3,(H,28,31). The molecule has 0 bridgehead atoms. The second-order valence-electron chi connectivity index (χ2n) is 8.08. The molecular weight excluding hydrogens is 398 g/mol. The molecule has 0 atom stereocenters. The summed E-state index contributed by atoms with van der Waals surface area (Å²) in [5.41, 5.74) is 4.81. The van der Waals surface area contributed by atoms with Gasteiger partial charge in [-0.1, -0.05) is 30.3 Å². The number of amides is 2. The van der Waals surface area contributed by atoms with E-state index in [2.05, 4.69) is 17.4 Å². The Morgan fingerprint density at radius 2 is 1.71 bits per heavy atom. The van der Waals surface area contributed by atoms with Crippen molar-refractivity contribution in [3.63, 3.8) is 0 Å². The smallest absolute Gasteiger partial charge is 0.322 e. The third-order valence-electron chi connectivity index (χ3n) is 5.90. The van der Waals surface area contributed by atoms with Crippen LogP contribution in [0.5, 0.6) is 5.75 Å². The Kier molecular flexibility index (Phi) is 5.63.